The second kappa shape index (κ2) is 7.15. The summed E-state index contributed by atoms with van der Waals surface area (Å²) in [5, 5.41) is 10.9. The van der Waals surface area contributed by atoms with Gasteiger partial charge in [0.2, 0.25) is 5.91 Å². The third-order valence-corrected chi connectivity index (χ3v) is 6.59. The third-order valence-electron chi connectivity index (χ3n) is 6.59. The first-order valence-electron chi connectivity index (χ1n) is 10.1. The Labute approximate surface area is 160 Å². The fraction of sp³-hybridized carbons (Fsp3) is 0.619. The van der Waals surface area contributed by atoms with E-state index in [1.54, 1.807) is 11.8 Å². The van der Waals surface area contributed by atoms with Crippen LogP contribution >= 0.6 is 0 Å². The van der Waals surface area contributed by atoms with Crippen molar-refractivity contribution >= 4 is 17.5 Å². The second-order valence-electron chi connectivity index (χ2n) is 8.26. The molecule has 0 spiro atoms. The van der Waals surface area contributed by atoms with Gasteiger partial charge in [-0.2, -0.15) is 0 Å². The summed E-state index contributed by atoms with van der Waals surface area (Å²) in [6.45, 7) is 5.96. The molecule has 3 aliphatic rings. The molecule has 1 aromatic rings. The van der Waals surface area contributed by atoms with Crippen LogP contribution in [0.5, 0.6) is 0 Å². The van der Waals surface area contributed by atoms with Gasteiger partial charge in [-0.15, -0.1) is 0 Å². The Bertz CT molecular complexity index is 714. The number of aliphatic hydroxyl groups is 1. The molecule has 4 rings (SSSR count). The Kier molecular flexibility index (Phi) is 4.84. The van der Waals surface area contributed by atoms with Crippen molar-refractivity contribution in [3.63, 3.8) is 0 Å². The van der Waals surface area contributed by atoms with E-state index in [0.29, 0.717) is 44.6 Å². The van der Waals surface area contributed by atoms with Gasteiger partial charge in [0.15, 0.2) is 0 Å². The summed E-state index contributed by atoms with van der Waals surface area (Å²) in [6.07, 6.45) is 3.65. The molecule has 3 saturated heterocycles. The minimum Gasteiger partial charge on any atom is -0.389 e. The molecular weight excluding hydrogens is 342 g/mol. The number of carbonyl (C=O) groups excluding carboxylic acids is 2. The van der Waals surface area contributed by atoms with Crippen LogP contribution in [-0.2, 0) is 4.79 Å². The molecule has 1 N–H and O–H groups in total. The van der Waals surface area contributed by atoms with E-state index in [9.17, 15) is 14.7 Å². The van der Waals surface area contributed by atoms with Crippen LogP contribution in [0, 0.1) is 5.92 Å². The van der Waals surface area contributed by atoms with E-state index in [-0.39, 0.29) is 17.7 Å². The molecule has 146 valence electrons. The van der Waals surface area contributed by atoms with E-state index in [4.69, 9.17) is 0 Å². The van der Waals surface area contributed by atoms with Crippen molar-refractivity contribution in [2.75, 3.05) is 44.2 Å². The number of piperidine rings is 2. The smallest absolute Gasteiger partial charge is 0.253 e. The van der Waals surface area contributed by atoms with Crippen LogP contribution in [0.2, 0.25) is 0 Å². The van der Waals surface area contributed by atoms with Crippen molar-refractivity contribution in [2.45, 2.75) is 38.2 Å². The van der Waals surface area contributed by atoms with E-state index in [1.807, 2.05) is 29.2 Å². The van der Waals surface area contributed by atoms with Crippen molar-refractivity contribution in [3.8, 4) is 0 Å². The number of hydrogen-bond acceptors (Lipinski definition) is 4. The number of nitrogens with zero attached hydrogens (tertiary/aromatic N) is 3. The Balaban J connectivity index is 1.44. The fourth-order valence-electron chi connectivity index (χ4n) is 4.75. The predicted octanol–water partition coefficient (Wildman–Crippen LogP) is 1.73. The first-order valence-corrected chi connectivity index (χ1v) is 10.1. The number of benzene rings is 1. The number of rotatable bonds is 2. The molecule has 27 heavy (non-hydrogen) atoms. The summed E-state index contributed by atoms with van der Waals surface area (Å²) in [6, 6.07) is 7.91. The summed E-state index contributed by atoms with van der Waals surface area (Å²) in [4.78, 5) is 30.7. The molecular formula is C21H29N3O3. The highest BCUT2D eigenvalue weighted by Crippen LogP contribution is 2.36. The van der Waals surface area contributed by atoms with Crippen molar-refractivity contribution in [3.05, 3.63) is 29.8 Å². The average molecular weight is 371 g/mol. The summed E-state index contributed by atoms with van der Waals surface area (Å²) in [5.74, 6) is -0.0142. The second-order valence-corrected chi connectivity index (χ2v) is 8.26. The van der Waals surface area contributed by atoms with Gasteiger partial charge >= 0.3 is 0 Å². The van der Waals surface area contributed by atoms with Crippen LogP contribution in [0.1, 0.15) is 43.0 Å². The first kappa shape index (κ1) is 18.3. The van der Waals surface area contributed by atoms with E-state index in [0.717, 1.165) is 13.1 Å². The van der Waals surface area contributed by atoms with E-state index >= 15 is 0 Å². The molecule has 3 fully saturated rings. The summed E-state index contributed by atoms with van der Waals surface area (Å²) < 4.78 is 0. The Morgan fingerprint density at radius 2 is 1.56 bits per heavy atom. The van der Waals surface area contributed by atoms with Crippen molar-refractivity contribution < 1.29 is 14.7 Å². The van der Waals surface area contributed by atoms with Gasteiger partial charge in [0.25, 0.3) is 5.91 Å². The average Bonchev–Trinajstić information content (AvgIpc) is 3.21. The molecule has 6 heteroatoms. The Morgan fingerprint density at radius 1 is 0.963 bits per heavy atom. The molecule has 6 nitrogen and oxygen atoms in total. The quantitative estimate of drug-likeness (QED) is 0.860. The highest BCUT2D eigenvalue weighted by Gasteiger charge is 2.46. The van der Waals surface area contributed by atoms with Gasteiger partial charge in [-0.05, 0) is 49.9 Å². The minimum atomic E-state index is -0.748. The highest BCUT2D eigenvalue weighted by molar-refractivity contribution is 5.94. The molecule has 0 bridgehead atoms. The van der Waals surface area contributed by atoms with Crippen LogP contribution in [0.25, 0.3) is 0 Å². The maximum absolute atomic E-state index is 13.0. The molecule has 3 heterocycles. The SMILES string of the molecule is CC(=O)N1CC[C@@]2(O)CCN(C(=O)c3ccc(N4CCCC4)cc3)C[C@H]2C1. The van der Waals surface area contributed by atoms with Crippen LogP contribution in [0.15, 0.2) is 24.3 Å². The number of fused-ring (bicyclic) bond motifs is 1. The zero-order valence-electron chi connectivity index (χ0n) is 16.1. The molecule has 0 aromatic heterocycles. The van der Waals surface area contributed by atoms with Crippen molar-refractivity contribution in [2.24, 2.45) is 5.92 Å². The van der Waals surface area contributed by atoms with Crippen LogP contribution in [-0.4, -0.2) is 71.6 Å². The number of amides is 2. The summed E-state index contributed by atoms with van der Waals surface area (Å²) >= 11 is 0. The maximum atomic E-state index is 13.0. The monoisotopic (exact) mass is 371 g/mol. The summed E-state index contributed by atoms with van der Waals surface area (Å²) in [7, 11) is 0. The normalized spacial score (nSPS) is 28.2. The fourth-order valence-corrected chi connectivity index (χ4v) is 4.75. The van der Waals surface area contributed by atoms with Crippen LogP contribution in [0.4, 0.5) is 5.69 Å². The van der Waals surface area contributed by atoms with Gasteiger partial charge in [0.05, 0.1) is 5.60 Å². The van der Waals surface area contributed by atoms with E-state index < -0.39 is 5.60 Å². The standard InChI is InChI=1S/C21H29N3O3/c1-16(25)23-12-8-21(27)9-13-24(15-18(21)14-23)20(26)17-4-6-19(7-5-17)22-10-2-3-11-22/h4-7,18,27H,2-3,8-15H2,1H3/t18-,21-/m1/s1. The number of anilines is 1. The van der Waals surface area contributed by atoms with Gasteiger partial charge in [0.1, 0.15) is 0 Å². The van der Waals surface area contributed by atoms with Crippen LogP contribution in [0.3, 0.4) is 0 Å². The predicted molar refractivity (Wildman–Crippen MR) is 104 cm³/mol. The molecule has 0 unspecified atom stereocenters. The van der Waals surface area contributed by atoms with Gasteiger partial charge in [-0.25, -0.2) is 0 Å². The van der Waals surface area contributed by atoms with Crippen LogP contribution < -0.4 is 4.90 Å². The van der Waals surface area contributed by atoms with Gasteiger partial charge in [-0.3, -0.25) is 9.59 Å². The summed E-state index contributed by atoms with van der Waals surface area (Å²) in [5.41, 5.74) is 1.13. The largest absolute Gasteiger partial charge is 0.389 e. The lowest BCUT2D eigenvalue weighted by Gasteiger charge is -2.50. The van der Waals surface area contributed by atoms with Gasteiger partial charge < -0.3 is 19.8 Å². The van der Waals surface area contributed by atoms with Crippen molar-refractivity contribution in [1.29, 1.82) is 0 Å². The molecule has 3 aliphatic heterocycles. The zero-order valence-corrected chi connectivity index (χ0v) is 16.1. The lowest BCUT2D eigenvalue weighted by molar-refractivity contribution is -0.143. The third kappa shape index (κ3) is 3.55. The molecule has 0 aliphatic carbocycles. The molecule has 2 atom stereocenters. The lowest BCUT2D eigenvalue weighted by Crippen LogP contribution is -2.61. The highest BCUT2D eigenvalue weighted by atomic mass is 16.3. The Hall–Kier alpha value is -2.08. The van der Waals surface area contributed by atoms with Gasteiger partial charge in [0, 0.05) is 63.4 Å². The first-order chi connectivity index (χ1) is 13.0. The maximum Gasteiger partial charge on any atom is 0.253 e. The Morgan fingerprint density at radius 3 is 2.19 bits per heavy atom. The molecule has 2 amide bonds. The number of carbonyl (C=O) groups is 2. The molecule has 1 aromatic carbocycles. The van der Waals surface area contributed by atoms with E-state index in [1.165, 1.54) is 18.5 Å². The number of likely N-dealkylation sites (tertiary alicyclic amines) is 2. The van der Waals surface area contributed by atoms with Crippen molar-refractivity contribution in [1.82, 2.24) is 9.80 Å². The lowest BCUT2D eigenvalue weighted by atomic mass is 9.75. The minimum absolute atomic E-state index is 0.0185. The van der Waals surface area contributed by atoms with Gasteiger partial charge in [-0.1, -0.05) is 0 Å². The van der Waals surface area contributed by atoms with E-state index in [2.05, 4.69) is 4.90 Å². The number of hydrogen-bond donors (Lipinski definition) is 1. The molecule has 0 radical (unpaired) electrons. The zero-order chi connectivity index (χ0) is 19.0. The topological polar surface area (TPSA) is 64.1 Å². The molecule has 0 saturated carbocycles.